The van der Waals surface area contributed by atoms with Gasteiger partial charge in [-0.25, -0.2) is 0 Å². The van der Waals surface area contributed by atoms with Crippen LogP contribution in [0.4, 0.5) is 0 Å². The van der Waals surface area contributed by atoms with Crippen molar-refractivity contribution in [3.8, 4) is 17.2 Å². The molecule has 46 heavy (non-hydrogen) atoms. The van der Waals surface area contributed by atoms with Crippen LogP contribution in [0.5, 0.6) is 17.2 Å². The summed E-state index contributed by atoms with van der Waals surface area (Å²) in [7, 11) is 1.60. The predicted molar refractivity (Wildman–Crippen MR) is 193 cm³/mol. The van der Waals surface area contributed by atoms with E-state index in [2.05, 4.69) is 57.0 Å². The van der Waals surface area contributed by atoms with Crippen molar-refractivity contribution in [2.45, 2.75) is 91.6 Å². The van der Waals surface area contributed by atoms with Crippen LogP contribution >= 0.6 is 0 Å². The summed E-state index contributed by atoms with van der Waals surface area (Å²) in [5, 5.41) is 3.56. The highest BCUT2D eigenvalue weighted by Crippen LogP contribution is 2.40. The van der Waals surface area contributed by atoms with E-state index >= 15 is 0 Å². The van der Waals surface area contributed by atoms with Crippen LogP contribution in [0.3, 0.4) is 0 Å². The van der Waals surface area contributed by atoms with Gasteiger partial charge in [-0.05, 0) is 140 Å². The summed E-state index contributed by atoms with van der Waals surface area (Å²) in [6.07, 6.45) is 18.8. The Morgan fingerprint density at radius 3 is 2.33 bits per heavy atom. The SMILES string of the molecule is CCCCN(CCCC)CCCNCCCOc1ccc(/C=C/C(=O)c2ccc3c(c2OC)C=CC(C)(CCC=C(C)C)O3)cc1. The van der Waals surface area contributed by atoms with Crippen LogP contribution in [-0.4, -0.2) is 62.7 Å². The minimum atomic E-state index is -0.397. The molecule has 1 atom stereocenters. The van der Waals surface area contributed by atoms with Gasteiger partial charge in [-0.15, -0.1) is 0 Å². The third kappa shape index (κ3) is 12.4. The van der Waals surface area contributed by atoms with Gasteiger partial charge in [0.25, 0.3) is 0 Å². The van der Waals surface area contributed by atoms with Crippen LogP contribution in [-0.2, 0) is 0 Å². The van der Waals surface area contributed by atoms with E-state index in [1.54, 1.807) is 19.3 Å². The van der Waals surface area contributed by atoms with Crippen molar-refractivity contribution in [1.82, 2.24) is 10.2 Å². The average Bonchev–Trinajstić information content (AvgIpc) is 3.05. The van der Waals surface area contributed by atoms with Crippen molar-refractivity contribution < 1.29 is 19.0 Å². The number of hydrogen-bond acceptors (Lipinski definition) is 6. The van der Waals surface area contributed by atoms with Gasteiger partial charge in [0.05, 0.1) is 24.8 Å². The minimum Gasteiger partial charge on any atom is -0.495 e. The molecule has 0 bridgehead atoms. The second-order valence-electron chi connectivity index (χ2n) is 12.7. The summed E-state index contributed by atoms with van der Waals surface area (Å²) in [5.74, 6) is 1.99. The molecule has 1 heterocycles. The third-order valence-electron chi connectivity index (χ3n) is 8.32. The summed E-state index contributed by atoms with van der Waals surface area (Å²) in [6.45, 7) is 17.1. The molecule has 0 amide bonds. The van der Waals surface area contributed by atoms with Crippen molar-refractivity contribution >= 4 is 17.9 Å². The quantitative estimate of drug-likeness (QED) is 0.0606. The molecule has 6 nitrogen and oxygen atoms in total. The van der Waals surface area contributed by atoms with Gasteiger partial charge in [0.1, 0.15) is 22.8 Å². The van der Waals surface area contributed by atoms with E-state index in [1.165, 1.54) is 57.3 Å². The Bertz CT molecular complexity index is 1290. The highest BCUT2D eigenvalue weighted by molar-refractivity contribution is 6.09. The molecule has 0 aromatic heterocycles. The molecule has 3 rings (SSSR count). The molecule has 2 aromatic carbocycles. The smallest absolute Gasteiger partial charge is 0.189 e. The fraction of sp³-hybridized carbons (Fsp3) is 0.525. The molecule has 0 fully saturated rings. The average molecular weight is 631 g/mol. The van der Waals surface area contributed by atoms with Gasteiger partial charge in [-0.3, -0.25) is 4.79 Å². The maximum absolute atomic E-state index is 13.2. The highest BCUT2D eigenvalue weighted by atomic mass is 16.5. The number of hydrogen-bond donors (Lipinski definition) is 1. The molecule has 1 N–H and O–H groups in total. The first kappa shape index (κ1) is 37.1. The fourth-order valence-electron chi connectivity index (χ4n) is 5.54. The summed E-state index contributed by atoms with van der Waals surface area (Å²) in [6, 6.07) is 11.5. The summed E-state index contributed by atoms with van der Waals surface area (Å²) < 4.78 is 18.0. The van der Waals surface area contributed by atoms with Gasteiger partial charge in [0.15, 0.2) is 5.78 Å². The Balaban J connectivity index is 1.43. The number of nitrogens with zero attached hydrogens (tertiary/aromatic N) is 1. The number of fused-ring (bicyclic) bond motifs is 1. The van der Waals surface area contributed by atoms with Crippen LogP contribution in [0.1, 0.15) is 107 Å². The van der Waals surface area contributed by atoms with E-state index in [9.17, 15) is 4.79 Å². The standard InChI is InChI=1S/C40H58N2O4/c1-7-9-28-42(29-10-8-2)30-12-26-41-27-13-31-45-34-18-15-33(16-19-34)17-21-37(43)35-20-22-38-36(39(35)44-6)23-25-40(5,46-38)24-11-14-32(3)4/h14-23,25,41H,7-13,24,26-31H2,1-6H3/b21-17+. The topological polar surface area (TPSA) is 60.0 Å². The summed E-state index contributed by atoms with van der Waals surface area (Å²) in [4.78, 5) is 15.8. The number of carbonyl (C=O) groups is 1. The normalized spacial score (nSPS) is 15.5. The van der Waals surface area contributed by atoms with Crippen LogP contribution in [0.25, 0.3) is 12.2 Å². The molecule has 0 saturated carbocycles. The van der Waals surface area contributed by atoms with Crippen molar-refractivity contribution in [1.29, 1.82) is 0 Å². The predicted octanol–water partition coefficient (Wildman–Crippen LogP) is 9.15. The molecule has 0 spiro atoms. The van der Waals surface area contributed by atoms with Gasteiger partial charge in [0.2, 0.25) is 0 Å². The van der Waals surface area contributed by atoms with Gasteiger partial charge >= 0.3 is 0 Å². The summed E-state index contributed by atoms with van der Waals surface area (Å²) >= 11 is 0. The van der Waals surface area contributed by atoms with Crippen molar-refractivity contribution in [3.05, 3.63) is 76.9 Å². The largest absolute Gasteiger partial charge is 0.495 e. The number of unbranched alkanes of at least 4 members (excludes halogenated alkanes) is 2. The van der Waals surface area contributed by atoms with Crippen LogP contribution in [0.2, 0.25) is 0 Å². The first-order chi connectivity index (χ1) is 22.3. The molecule has 0 saturated heterocycles. The fourth-order valence-corrected chi connectivity index (χ4v) is 5.54. The highest BCUT2D eigenvalue weighted by Gasteiger charge is 2.29. The lowest BCUT2D eigenvalue weighted by molar-refractivity contribution is 0.104. The number of methoxy groups -OCH3 is 1. The van der Waals surface area contributed by atoms with E-state index in [0.717, 1.165) is 55.0 Å². The lowest BCUT2D eigenvalue weighted by atomic mass is 9.93. The van der Waals surface area contributed by atoms with Gasteiger partial charge in [-0.1, -0.05) is 56.5 Å². The Kier molecular flexibility index (Phi) is 16.1. The zero-order chi connectivity index (χ0) is 33.2. The first-order valence-corrected chi connectivity index (χ1v) is 17.4. The minimum absolute atomic E-state index is 0.118. The first-order valence-electron chi connectivity index (χ1n) is 17.4. The number of benzene rings is 2. The Hall–Kier alpha value is -3.35. The maximum Gasteiger partial charge on any atom is 0.189 e. The van der Waals surface area contributed by atoms with E-state index in [0.29, 0.717) is 17.9 Å². The Morgan fingerprint density at radius 1 is 0.957 bits per heavy atom. The van der Waals surface area contributed by atoms with Crippen LogP contribution in [0, 0.1) is 0 Å². The van der Waals surface area contributed by atoms with Crippen LogP contribution < -0.4 is 19.5 Å². The second kappa shape index (κ2) is 20.0. The monoisotopic (exact) mass is 630 g/mol. The number of ketones is 1. The third-order valence-corrected chi connectivity index (χ3v) is 8.32. The lowest BCUT2D eigenvalue weighted by Gasteiger charge is -2.32. The van der Waals surface area contributed by atoms with Crippen LogP contribution in [0.15, 0.2) is 60.2 Å². The Morgan fingerprint density at radius 2 is 1.65 bits per heavy atom. The number of ether oxygens (including phenoxy) is 3. The summed E-state index contributed by atoms with van der Waals surface area (Å²) in [5.41, 5.74) is 3.15. The van der Waals surface area contributed by atoms with E-state index in [-0.39, 0.29) is 5.78 Å². The lowest BCUT2D eigenvalue weighted by Crippen LogP contribution is -2.31. The molecular formula is C40H58N2O4. The number of carbonyl (C=O) groups excluding carboxylic acids is 1. The van der Waals surface area contributed by atoms with Crippen molar-refractivity contribution in [3.63, 3.8) is 0 Å². The molecule has 0 aliphatic carbocycles. The molecule has 1 unspecified atom stereocenters. The van der Waals surface area contributed by atoms with E-state index < -0.39 is 5.60 Å². The molecule has 6 heteroatoms. The Labute approximate surface area is 278 Å². The molecule has 252 valence electrons. The molecule has 1 aliphatic rings. The molecule has 0 radical (unpaired) electrons. The van der Waals surface area contributed by atoms with E-state index in [1.807, 2.05) is 42.5 Å². The number of allylic oxidation sites excluding steroid dienone is 3. The van der Waals surface area contributed by atoms with Gasteiger partial charge < -0.3 is 24.4 Å². The van der Waals surface area contributed by atoms with Gasteiger partial charge in [0, 0.05) is 0 Å². The maximum atomic E-state index is 13.2. The van der Waals surface area contributed by atoms with E-state index in [4.69, 9.17) is 14.2 Å². The van der Waals surface area contributed by atoms with Crippen molar-refractivity contribution in [2.75, 3.05) is 46.4 Å². The van der Waals surface area contributed by atoms with Gasteiger partial charge in [-0.2, -0.15) is 0 Å². The second-order valence-corrected chi connectivity index (χ2v) is 12.7. The zero-order valence-corrected chi connectivity index (χ0v) is 29.3. The van der Waals surface area contributed by atoms with Crippen molar-refractivity contribution in [2.24, 2.45) is 0 Å². The molecule has 1 aliphatic heterocycles. The number of nitrogens with one attached hydrogen (secondary N) is 1. The molecule has 2 aromatic rings. The zero-order valence-electron chi connectivity index (χ0n) is 29.3. The molecular weight excluding hydrogens is 572 g/mol. The number of rotatable bonds is 22.